The predicted octanol–water partition coefficient (Wildman–Crippen LogP) is 4.20. The minimum Gasteiger partial charge on any atom is -0.386 e. The van der Waals surface area contributed by atoms with Crippen LogP contribution in [0.15, 0.2) is 30.3 Å². The minimum absolute atomic E-state index is 0.303. The molecule has 112 valence electrons. The number of aliphatic hydroxyl groups excluding tert-OH is 1. The summed E-state index contributed by atoms with van der Waals surface area (Å²) in [6.07, 6.45) is 3.48. The number of ether oxygens (including phenoxy) is 1. The topological polar surface area (TPSA) is 29.5 Å². The average molecular weight is 276 g/mol. The van der Waals surface area contributed by atoms with Crippen LogP contribution in [0.25, 0.3) is 0 Å². The lowest BCUT2D eigenvalue weighted by Crippen LogP contribution is -2.35. The second-order valence-electron chi connectivity index (χ2n) is 6.62. The third-order valence-corrected chi connectivity index (χ3v) is 4.61. The standard InChI is InChI=1S/C18H28O2/c1-13(2)16-10-9-14(3)11-18(16)20-12-17(19)15-7-5-4-6-8-15/h4-8,13-14,16-19H,9-12H2,1-3H3. The SMILES string of the molecule is CC1CCC(C(C)C)C(OCC(O)c2ccccc2)C1. The van der Waals surface area contributed by atoms with E-state index >= 15 is 0 Å². The maximum Gasteiger partial charge on any atom is 0.102 e. The monoisotopic (exact) mass is 276 g/mol. The smallest absolute Gasteiger partial charge is 0.102 e. The van der Waals surface area contributed by atoms with Crippen molar-refractivity contribution in [3.05, 3.63) is 35.9 Å². The summed E-state index contributed by atoms with van der Waals surface area (Å²) in [7, 11) is 0. The molecule has 0 heterocycles. The molecule has 1 aromatic rings. The normalized spacial score (nSPS) is 28.6. The summed E-state index contributed by atoms with van der Waals surface area (Å²) in [5, 5.41) is 10.2. The van der Waals surface area contributed by atoms with E-state index in [0.717, 1.165) is 17.9 Å². The third-order valence-electron chi connectivity index (χ3n) is 4.61. The second-order valence-corrected chi connectivity index (χ2v) is 6.62. The molecular formula is C18H28O2. The first-order valence-electron chi connectivity index (χ1n) is 7.92. The second kappa shape index (κ2) is 7.24. The van der Waals surface area contributed by atoms with E-state index in [0.29, 0.717) is 24.5 Å². The zero-order chi connectivity index (χ0) is 14.5. The van der Waals surface area contributed by atoms with Crippen LogP contribution >= 0.6 is 0 Å². The van der Waals surface area contributed by atoms with Gasteiger partial charge in [-0.25, -0.2) is 0 Å². The Morgan fingerprint density at radius 3 is 2.55 bits per heavy atom. The molecule has 0 aromatic heterocycles. The molecule has 0 spiro atoms. The third kappa shape index (κ3) is 4.07. The molecule has 4 unspecified atom stereocenters. The number of aliphatic hydroxyl groups is 1. The van der Waals surface area contributed by atoms with E-state index in [1.807, 2.05) is 30.3 Å². The number of hydrogen-bond acceptors (Lipinski definition) is 2. The first kappa shape index (κ1) is 15.5. The van der Waals surface area contributed by atoms with Gasteiger partial charge in [-0.1, -0.05) is 57.5 Å². The van der Waals surface area contributed by atoms with Crippen molar-refractivity contribution in [1.82, 2.24) is 0 Å². The Morgan fingerprint density at radius 2 is 1.90 bits per heavy atom. The quantitative estimate of drug-likeness (QED) is 0.873. The fourth-order valence-corrected chi connectivity index (χ4v) is 3.29. The molecule has 4 atom stereocenters. The van der Waals surface area contributed by atoms with Crippen molar-refractivity contribution in [3.8, 4) is 0 Å². The van der Waals surface area contributed by atoms with Gasteiger partial charge < -0.3 is 9.84 Å². The van der Waals surface area contributed by atoms with E-state index in [-0.39, 0.29) is 0 Å². The van der Waals surface area contributed by atoms with Crippen LogP contribution in [0.5, 0.6) is 0 Å². The zero-order valence-corrected chi connectivity index (χ0v) is 13.0. The number of benzene rings is 1. The molecule has 20 heavy (non-hydrogen) atoms. The Balaban J connectivity index is 1.90. The van der Waals surface area contributed by atoms with Gasteiger partial charge in [0.25, 0.3) is 0 Å². The molecule has 2 heteroatoms. The van der Waals surface area contributed by atoms with Crippen molar-refractivity contribution in [2.75, 3.05) is 6.61 Å². The lowest BCUT2D eigenvalue weighted by molar-refractivity contribution is -0.0697. The van der Waals surface area contributed by atoms with Crippen molar-refractivity contribution in [1.29, 1.82) is 0 Å². The van der Waals surface area contributed by atoms with E-state index in [4.69, 9.17) is 4.74 Å². The van der Waals surface area contributed by atoms with Crippen molar-refractivity contribution in [3.63, 3.8) is 0 Å². The lowest BCUT2D eigenvalue weighted by Gasteiger charge is -2.37. The summed E-state index contributed by atoms with van der Waals surface area (Å²) in [6.45, 7) is 7.28. The van der Waals surface area contributed by atoms with Gasteiger partial charge in [0.15, 0.2) is 0 Å². The highest BCUT2D eigenvalue weighted by Crippen LogP contribution is 2.35. The van der Waals surface area contributed by atoms with Crippen LogP contribution < -0.4 is 0 Å². The molecule has 2 nitrogen and oxygen atoms in total. The van der Waals surface area contributed by atoms with Gasteiger partial charge in [-0.15, -0.1) is 0 Å². The molecule has 1 aromatic carbocycles. The van der Waals surface area contributed by atoms with Crippen molar-refractivity contribution >= 4 is 0 Å². The van der Waals surface area contributed by atoms with Crippen LogP contribution in [0.3, 0.4) is 0 Å². The van der Waals surface area contributed by atoms with Crippen LogP contribution in [-0.4, -0.2) is 17.8 Å². The molecule has 0 bridgehead atoms. The number of hydrogen-bond donors (Lipinski definition) is 1. The summed E-state index contributed by atoms with van der Waals surface area (Å²) >= 11 is 0. The fourth-order valence-electron chi connectivity index (χ4n) is 3.29. The predicted molar refractivity (Wildman–Crippen MR) is 82.5 cm³/mol. The Hall–Kier alpha value is -0.860. The molecule has 1 saturated carbocycles. The van der Waals surface area contributed by atoms with Crippen LogP contribution in [0.1, 0.15) is 51.7 Å². The van der Waals surface area contributed by atoms with E-state index in [9.17, 15) is 5.11 Å². The molecule has 2 rings (SSSR count). The molecule has 0 amide bonds. The van der Waals surface area contributed by atoms with Gasteiger partial charge in [0.2, 0.25) is 0 Å². The van der Waals surface area contributed by atoms with Crippen LogP contribution in [0, 0.1) is 17.8 Å². The van der Waals surface area contributed by atoms with E-state index in [2.05, 4.69) is 20.8 Å². The highest BCUT2D eigenvalue weighted by atomic mass is 16.5. The van der Waals surface area contributed by atoms with Gasteiger partial charge >= 0.3 is 0 Å². The Bertz CT molecular complexity index is 388. The zero-order valence-electron chi connectivity index (χ0n) is 13.0. The summed E-state index contributed by atoms with van der Waals surface area (Å²) in [6, 6.07) is 9.79. The largest absolute Gasteiger partial charge is 0.386 e. The maximum absolute atomic E-state index is 10.2. The summed E-state index contributed by atoms with van der Waals surface area (Å²) in [5.41, 5.74) is 0.942. The molecule has 1 fully saturated rings. The van der Waals surface area contributed by atoms with Crippen molar-refractivity contribution < 1.29 is 9.84 Å². The van der Waals surface area contributed by atoms with Gasteiger partial charge in [0.1, 0.15) is 6.10 Å². The Morgan fingerprint density at radius 1 is 1.20 bits per heavy atom. The van der Waals surface area contributed by atoms with Gasteiger partial charge in [-0.3, -0.25) is 0 Å². The summed E-state index contributed by atoms with van der Waals surface area (Å²) in [4.78, 5) is 0. The highest BCUT2D eigenvalue weighted by molar-refractivity contribution is 5.17. The van der Waals surface area contributed by atoms with Crippen molar-refractivity contribution in [2.45, 2.75) is 52.2 Å². The number of rotatable bonds is 5. The van der Waals surface area contributed by atoms with E-state index in [1.54, 1.807) is 0 Å². The fraction of sp³-hybridized carbons (Fsp3) is 0.667. The van der Waals surface area contributed by atoms with Crippen LogP contribution in [-0.2, 0) is 4.74 Å². The highest BCUT2D eigenvalue weighted by Gasteiger charge is 2.31. The molecule has 1 aliphatic carbocycles. The minimum atomic E-state index is -0.513. The van der Waals surface area contributed by atoms with Gasteiger partial charge in [-0.2, -0.15) is 0 Å². The first-order valence-corrected chi connectivity index (χ1v) is 7.92. The molecule has 1 N–H and O–H groups in total. The molecule has 0 aliphatic heterocycles. The Kier molecular flexibility index (Phi) is 5.62. The molecule has 0 saturated heterocycles. The van der Waals surface area contributed by atoms with Gasteiger partial charge in [-0.05, 0) is 36.2 Å². The van der Waals surface area contributed by atoms with Crippen LogP contribution in [0.2, 0.25) is 0 Å². The summed E-state index contributed by atoms with van der Waals surface area (Å²) < 4.78 is 6.09. The average Bonchev–Trinajstić information content (AvgIpc) is 2.45. The molecular weight excluding hydrogens is 248 g/mol. The van der Waals surface area contributed by atoms with Gasteiger partial charge in [0.05, 0.1) is 12.7 Å². The molecule has 1 aliphatic rings. The lowest BCUT2D eigenvalue weighted by atomic mass is 9.75. The van der Waals surface area contributed by atoms with Gasteiger partial charge in [0, 0.05) is 0 Å². The summed E-state index contributed by atoms with van der Waals surface area (Å²) in [5.74, 6) is 2.03. The van der Waals surface area contributed by atoms with Crippen molar-refractivity contribution in [2.24, 2.45) is 17.8 Å². The maximum atomic E-state index is 10.2. The van der Waals surface area contributed by atoms with Crippen LogP contribution in [0.4, 0.5) is 0 Å². The van der Waals surface area contributed by atoms with E-state index in [1.165, 1.54) is 12.8 Å². The molecule has 0 radical (unpaired) electrons. The first-order chi connectivity index (χ1) is 9.58. The van der Waals surface area contributed by atoms with E-state index < -0.39 is 6.10 Å². The Labute approximate surface area is 123 Å².